The normalized spacial score (nSPS) is 25.3. The molecule has 0 amide bonds. The van der Waals surface area contributed by atoms with E-state index >= 15 is 0 Å². The SMILES string of the molecule is C[C@]1(CCc2ccc3cc(Br)c(N)nc3c2)C[C@@H](n2ccc3c(N)nc(Cl)nc32)[C@H](O)[C@@H]1O. The van der Waals surface area contributed by atoms with Crippen LogP contribution in [0.2, 0.25) is 5.28 Å². The van der Waals surface area contributed by atoms with E-state index in [4.69, 9.17) is 23.1 Å². The monoisotopic (exact) mass is 530 g/mol. The molecule has 33 heavy (non-hydrogen) atoms. The van der Waals surface area contributed by atoms with E-state index in [1.165, 1.54) is 0 Å². The zero-order valence-corrected chi connectivity index (χ0v) is 20.3. The van der Waals surface area contributed by atoms with Crippen LogP contribution in [0.25, 0.3) is 21.9 Å². The molecular formula is C23H24BrClN6O2. The Hall–Kier alpha value is -2.46. The van der Waals surface area contributed by atoms with Crippen molar-refractivity contribution in [2.75, 3.05) is 11.5 Å². The van der Waals surface area contributed by atoms with Gasteiger partial charge in [0.1, 0.15) is 23.4 Å². The van der Waals surface area contributed by atoms with Crippen LogP contribution in [-0.4, -0.2) is 41.9 Å². The molecule has 3 heterocycles. The second kappa shape index (κ2) is 8.09. The summed E-state index contributed by atoms with van der Waals surface area (Å²) in [5.74, 6) is 0.740. The Balaban J connectivity index is 1.39. The Labute approximate surface area is 203 Å². The summed E-state index contributed by atoms with van der Waals surface area (Å²) in [6.45, 7) is 2.01. The fourth-order valence-electron chi connectivity index (χ4n) is 4.94. The van der Waals surface area contributed by atoms with Crippen molar-refractivity contribution in [1.82, 2.24) is 19.5 Å². The molecular weight excluding hydrogens is 508 g/mol. The minimum absolute atomic E-state index is 0.0494. The van der Waals surface area contributed by atoms with Gasteiger partial charge < -0.3 is 26.2 Å². The first-order chi connectivity index (χ1) is 15.7. The molecule has 1 aliphatic carbocycles. The Morgan fingerprint density at radius 3 is 2.73 bits per heavy atom. The Morgan fingerprint density at radius 1 is 1.15 bits per heavy atom. The van der Waals surface area contributed by atoms with Crippen molar-refractivity contribution >= 4 is 61.1 Å². The van der Waals surface area contributed by atoms with E-state index < -0.39 is 17.6 Å². The van der Waals surface area contributed by atoms with Crippen molar-refractivity contribution in [3.8, 4) is 0 Å². The minimum atomic E-state index is -0.948. The van der Waals surface area contributed by atoms with Gasteiger partial charge in [-0.25, -0.2) is 9.97 Å². The number of pyridine rings is 1. The molecule has 3 aromatic heterocycles. The van der Waals surface area contributed by atoms with Crippen LogP contribution in [0.4, 0.5) is 11.6 Å². The van der Waals surface area contributed by atoms with Crippen LogP contribution >= 0.6 is 27.5 Å². The number of anilines is 2. The highest BCUT2D eigenvalue weighted by Crippen LogP contribution is 2.48. The molecule has 0 spiro atoms. The average molecular weight is 532 g/mol. The number of aliphatic hydroxyl groups excluding tert-OH is 2. The maximum absolute atomic E-state index is 11.0. The van der Waals surface area contributed by atoms with Crippen LogP contribution in [0.15, 0.2) is 41.0 Å². The second-order valence-electron chi connectivity index (χ2n) is 9.08. The summed E-state index contributed by atoms with van der Waals surface area (Å²) in [4.78, 5) is 12.8. The standard InChI is InChI=1S/C23H24BrClN6O2/c1-23(6-4-11-2-3-12-9-14(24)20(27)28-15(12)8-11)10-16(17(32)18(23)33)31-7-5-13-19(26)29-22(25)30-21(13)31/h2-3,5,7-9,16-18,32-33H,4,6,10H2,1H3,(H2,27,28)(H2,26,29,30)/t16-,17+,18+,23+/m1/s1. The van der Waals surface area contributed by atoms with Crippen LogP contribution in [0, 0.1) is 5.41 Å². The first kappa shape index (κ1) is 22.3. The Bertz CT molecular complexity index is 1380. The lowest BCUT2D eigenvalue weighted by molar-refractivity contribution is -0.0241. The zero-order chi connectivity index (χ0) is 23.5. The number of nitrogens with two attached hydrogens (primary N) is 2. The summed E-state index contributed by atoms with van der Waals surface area (Å²) in [5.41, 5.74) is 13.9. The van der Waals surface area contributed by atoms with Gasteiger partial charge in [0.25, 0.3) is 0 Å². The number of nitrogen functional groups attached to an aromatic ring is 2. The third-order valence-corrected chi connectivity index (χ3v) is 7.69. The van der Waals surface area contributed by atoms with Gasteiger partial charge in [-0.15, -0.1) is 0 Å². The predicted octanol–water partition coefficient (Wildman–Crippen LogP) is 3.87. The summed E-state index contributed by atoms with van der Waals surface area (Å²) in [6.07, 6.45) is 1.97. The molecule has 0 bridgehead atoms. The Morgan fingerprint density at radius 2 is 1.94 bits per heavy atom. The molecule has 4 atom stereocenters. The highest BCUT2D eigenvalue weighted by atomic mass is 79.9. The number of aryl methyl sites for hydroxylation is 1. The minimum Gasteiger partial charge on any atom is -0.390 e. The molecule has 0 unspecified atom stereocenters. The number of rotatable bonds is 4. The summed E-state index contributed by atoms with van der Waals surface area (Å²) >= 11 is 9.43. The van der Waals surface area contributed by atoms with E-state index in [-0.39, 0.29) is 17.1 Å². The number of halogens is 2. The fourth-order valence-corrected chi connectivity index (χ4v) is 5.44. The van der Waals surface area contributed by atoms with Gasteiger partial charge in [-0.2, -0.15) is 4.98 Å². The van der Waals surface area contributed by atoms with E-state index in [1.807, 2.05) is 42.0 Å². The molecule has 6 N–H and O–H groups in total. The fraction of sp³-hybridized carbons (Fsp3) is 0.348. The molecule has 1 aliphatic rings. The summed E-state index contributed by atoms with van der Waals surface area (Å²) in [5, 5.41) is 23.7. The lowest BCUT2D eigenvalue weighted by atomic mass is 9.80. The van der Waals surface area contributed by atoms with Crippen LogP contribution in [0.5, 0.6) is 0 Å². The quantitative estimate of drug-likeness (QED) is 0.294. The highest BCUT2D eigenvalue weighted by molar-refractivity contribution is 9.10. The molecule has 0 saturated heterocycles. The van der Waals surface area contributed by atoms with Crippen molar-refractivity contribution in [3.63, 3.8) is 0 Å². The van der Waals surface area contributed by atoms with Crippen molar-refractivity contribution < 1.29 is 10.2 Å². The van der Waals surface area contributed by atoms with Gasteiger partial charge in [0.15, 0.2) is 0 Å². The molecule has 8 nitrogen and oxygen atoms in total. The predicted molar refractivity (Wildman–Crippen MR) is 133 cm³/mol. The van der Waals surface area contributed by atoms with Gasteiger partial charge in [0, 0.05) is 11.6 Å². The number of hydrogen-bond donors (Lipinski definition) is 4. The van der Waals surface area contributed by atoms with Crippen LogP contribution in [0.3, 0.4) is 0 Å². The smallest absolute Gasteiger partial charge is 0.226 e. The van der Waals surface area contributed by atoms with Crippen LogP contribution in [-0.2, 0) is 6.42 Å². The van der Waals surface area contributed by atoms with Crippen LogP contribution < -0.4 is 11.5 Å². The maximum Gasteiger partial charge on any atom is 0.226 e. The van der Waals surface area contributed by atoms with Crippen molar-refractivity contribution in [3.05, 3.63) is 51.8 Å². The number of nitrogens with zero attached hydrogens (tertiary/aromatic N) is 4. The summed E-state index contributed by atoms with van der Waals surface area (Å²) in [7, 11) is 0. The lowest BCUT2D eigenvalue weighted by Crippen LogP contribution is -2.35. The molecule has 10 heteroatoms. The van der Waals surface area contributed by atoms with E-state index in [9.17, 15) is 10.2 Å². The number of aliphatic hydroxyl groups is 2. The molecule has 1 aromatic carbocycles. The molecule has 4 aromatic rings. The van der Waals surface area contributed by atoms with E-state index in [1.54, 1.807) is 0 Å². The van der Waals surface area contributed by atoms with Gasteiger partial charge >= 0.3 is 0 Å². The molecule has 0 aliphatic heterocycles. The molecule has 1 fully saturated rings. The largest absolute Gasteiger partial charge is 0.390 e. The number of fused-ring (bicyclic) bond motifs is 2. The van der Waals surface area contributed by atoms with Gasteiger partial charge in [-0.3, -0.25) is 0 Å². The van der Waals surface area contributed by atoms with Crippen molar-refractivity contribution in [2.24, 2.45) is 5.41 Å². The number of aromatic nitrogens is 4. The lowest BCUT2D eigenvalue weighted by Gasteiger charge is -2.28. The van der Waals surface area contributed by atoms with Gasteiger partial charge in [0.05, 0.1) is 27.5 Å². The average Bonchev–Trinajstić information content (AvgIpc) is 3.28. The molecule has 1 saturated carbocycles. The first-order valence-electron chi connectivity index (χ1n) is 10.7. The maximum atomic E-state index is 11.0. The second-order valence-corrected chi connectivity index (χ2v) is 10.3. The number of benzene rings is 1. The van der Waals surface area contributed by atoms with Gasteiger partial charge in [0.2, 0.25) is 5.28 Å². The van der Waals surface area contributed by atoms with Gasteiger partial charge in [-0.05, 0) is 76.0 Å². The van der Waals surface area contributed by atoms with Gasteiger partial charge in [-0.1, -0.05) is 19.1 Å². The zero-order valence-electron chi connectivity index (χ0n) is 17.9. The third kappa shape index (κ3) is 3.82. The molecule has 5 rings (SSSR count). The van der Waals surface area contributed by atoms with E-state index in [0.29, 0.717) is 29.7 Å². The van der Waals surface area contributed by atoms with E-state index in [2.05, 4.69) is 36.9 Å². The van der Waals surface area contributed by atoms with Crippen molar-refractivity contribution in [1.29, 1.82) is 0 Å². The third-order valence-electron chi connectivity index (χ3n) is 6.89. The Kier molecular flexibility index (Phi) is 5.48. The molecule has 0 radical (unpaired) electrons. The van der Waals surface area contributed by atoms with Crippen molar-refractivity contribution in [2.45, 2.75) is 44.4 Å². The topological polar surface area (TPSA) is 136 Å². The molecule has 172 valence electrons. The van der Waals surface area contributed by atoms with Crippen LogP contribution in [0.1, 0.15) is 31.4 Å². The first-order valence-corrected chi connectivity index (χ1v) is 11.8. The summed E-state index contributed by atoms with van der Waals surface area (Å²) in [6, 6.07) is 9.51. The van der Waals surface area contributed by atoms with E-state index in [0.717, 1.165) is 27.4 Å². The number of hydrogen-bond acceptors (Lipinski definition) is 7. The highest BCUT2D eigenvalue weighted by Gasteiger charge is 2.50. The summed E-state index contributed by atoms with van der Waals surface area (Å²) < 4.78 is 2.62.